The summed E-state index contributed by atoms with van der Waals surface area (Å²) in [6, 6.07) is 8.19. The second kappa shape index (κ2) is 6.17. The molecule has 0 saturated heterocycles. The molecular weight excluding hydrogens is 282 g/mol. The molecule has 0 aliphatic carbocycles. The standard InChI is InChI=1S/C11H9N5OS2/c1-18-11-16-15-10(19-11)14-9(17)13-8-4-2-7(6-12)3-5-8/h2-5H,1H3,(H2,13,14,15,17). The number of rotatable bonds is 3. The van der Waals surface area contributed by atoms with Gasteiger partial charge in [0.05, 0.1) is 11.6 Å². The Balaban J connectivity index is 1.95. The molecule has 2 rings (SSSR count). The third-order valence-corrected chi connectivity index (χ3v) is 3.89. The SMILES string of the molecule is CSc1nnc(NC(=O)Nc2ccc(C#N)cc2)s1. The van der Waals surface area contributed by atoms with E-state index in [1.54, 1.807) is 24.3 Å². The maximum absolute atomic E-state index is 11.7. The molecule has 0 spiro atoms. The molecule has 6 nitrogen and oxygen atoms in total. The molecule has 0 bridgehead atoms. The summed E-state index contributed by atoms with van der Waals surface area (Å²) >= 11 is 2.77. The number of urea groups is 1. The summed E-state index contributed by atoms with van der Waals surface area (Å²) in [6.07, 6.45) is 1.89. The van der Waals surface area contributed by atoms with E-state index in [0.29, 0.717) is 16.4 Å². The van der Waals surface area contributed by atoms with Gasteiger partial charge in [0.2, 0.25) is 5.13 Å². The summed E-state index contributed by atoms with van der Waals surface area (Å²) < 4.78 is 0.786. The van der Waals surface area contributed by atoms with Gasteiger partial charge in [-0.15, -0.1) is 10.2 Å². The molecule has 0 fully saturated rings. The van der Waals surface area contributed by atoms with E-state index in [1.165, 1.54) is 23.1 Å². The fourth-order valence-electron chi connectivity index (χ4n) is 1.23. The molecule has 0 unspecified atom stereocenters. The fourth-order valence-corrected chi connectivity index (χ4v) is 2.40. The minimum absolute atomic E-state index is 0.395. The van der Waals surface area contributed by atoms with Crippen LogP contribution in [0.5, 0.6) is 0 Å². The third-order valence-electron chi connectivity index (χ3n) is 2.07. The first kappa shape index (κ1) is 13.3. The molecule has 1 aromatic heterocycles. The number of nitrogens with zero attached hydrogens (tertiary/aromatic N) is 3. The van der Waals surface area contributed by atoms with E-state index in [4.69, 9.17) is 5.26 Å². The van der Waals surface area contributed by atoms with Crippen molar-refractivity contribution in [2.75, 3.05) is 16.9 Å². The molecule has 1 aromatic carbocycles. The first-order valence-corrected chi connectivity index (χ1v) is 7.21. The smallest absolute Gasteiger partial charge is 0.308 e. The molecule has 0 aliphatic rings. The topological polar surface area (TPSA) is 90.7 Å². The Hall–Kier alpha value is -2.11. The summed E-state index contributed by atoms with van der Waals surface area (Å²) in [4.78, 5) is 11.7. The van der Waals surface area contributed by atoms with Crippen molar-refractivity contribution in [3.63, 3.8) is 0 Å². The quantitative estimate of drug-likeness (QED) is 0.670. The van der Waals surface area contributed by atoms with Crippen LogP contribution in [0.25, 0.3) is 0 Å². The summed E-state index contributed by atoms with van der Waals surface area (Å²) in [7, 11) is 0. The summed E-state index contributed by atoms with van der Waals surface area (Å²) in [5.41, 5.74) is 1.14. The van der Waals surface area contributed by atoms with Gasteiger partial charge in [0, 0.05) is 5.69 Å². The lowest BCUT2D eigenvalue weighted by Crippen LogP contribution is -2.19. The average molecular weight is 291 g/mol. The Labute approximate surface area is 117 Å². The number of amides is 2. The number of carbonyl (C=O) groups is 1. The molecule has 19 heavy (non-hydrogen) atoms. The molecular formula is C11H9N5OS2. The highest BCUT2D eigenvalue weighted by molar-refractivity contribution is 8.00. The van der Waals surface area contributed by atoms with Gasteiger partial charge in [-0.3, -0.25) is 5.32 Å². The maximum atomic E-state index is 11.7. The number of hydrogen-bond acceptors (Lipinski definition) is 6. The van der Waals surface area contributed by atoms with Crippen LogP contribution in [-0.2, 0) is 0 Å². The van der Waals surface area contributed by atoms with Crippen molar-refractivity contribution in [2.45, 2.75) is 4.34 Å². The molecule has 8 heteroatoms. The lowest BCUT2D eigenvalue weighted by Gasteiger charge is -2.04. The second-order valence-electron chi connectivity index (χ2n) is 3.35. The van der Waals surface area contributed by atoms with E-state index < -0.39 is 6.03 Å². The summed E-state index contributed by atoms with van der Waals surface area (Å²) in [5.74, 6) is 0. The van der Waals surface area contributed by atoms with Crippen LogP contribution in [0.1, 0.15) is 5.56 Å². The minimum Gasteiger partial charge on any atom is -0.308 e. The second-order valence-corrected chi connectivity index (χ2v) is 5.38. The summed E-state index contributed by atoms with van der Waals surface area (Å²) in [5, 5.41) is 22.0. The van der Waals surface area contributed by atoms with Crippen LogP contribution in [0, 0.1) is 11.3 Å². The zero-order valence-corrected chi connectivity index (χ0v) is 11.5. The number of hydrogen-bond donors (Lipinski definition) is 2. The minimum atomic E-state index is -0.395. The van der Waals surface area contributed by atoms with Crippen LogP contribution in [0.4, 0.5) is 15.6 Å². The largest absolute Gasteiger partial charge is 0.325 e. The highest BCUT2D eigenvalue weighted by Gasteiger charge is 2.07. The first-order valence-electron chi connectivity index (χ1n) is 5.17. The zero-order chi connectivity index (χ0) is 13.7. The number of nitriles is 1. The van der Waals surface area contributed by atoms with Crippen LogP contribution in [0.15, 0.2) is 28.6 Å². The highest BCUT2D eigenvalue weighted by Crippen LogP contribution is 2.23. The van der Waals surface area contributed by atoms with Gasteiger partial charge in [-0.25, -0.2) is 4.79 Å². The van der Waals surface area contributed by atoms with Gasteiger partial charge in [-0.2, -0.15) is 5.26 Å². The van der Waals surface area contributed by atoms with E-state index in [9.17, 15) is 4.79 Å². The van der Waals surface area contributed by atoms with Gasteiger partial charge in [-0.1, -0.05) is 23.1 Å². The molecule has 2 aromatic rings. The molecule has 96 valence electrons. The Morgan fingerprint density at radius 3 is 2.63 bits per heavy atom. The van der Waals surface area contributed by atoms with Crippen molar-refractivity contribution in [1.29, 1.82) is 5.26 Å². The molecule has 1 heterocycles. The van der Waals surface area contributed by atoms with Crippen molar-refractivity contribution < 1.29 is 4.79 Å². The predicted molar refractivity (Wildman–Crippen MR) is 75.5 cm³/mol. The van der Waals surface area contributed by atoms with Gasteiger partial charge in [0.1, 0.15) is 0 Å². The van der Waals surface area contributed by atoms with Crippen molar-refractivity contribution in [1.82, 2.24) is 10.2 Å². The van der Waals surface area contributed by atoms with E-state index in [0.717, 1.165) is 4.34 Å². The molecule has 0 atom stereocenters. The van der Waals surface area contributed by atoms with Crippen LogP contribution in [0.2, 0.25) is 0 Å². The summed E-state index contributed by atoms with van der Waals surface area (Å²) in [6.45, 7) is 0. The van der Waals surface area contributed by atoms with Crippen molar-refractivity contribution in [3.05, 3.63) is 29.8 Å². The Morgan fingerprint density at radius 1 is 1.32 bits per heavy atom. The Bertz CT molecular complexity index is 617. The number of aromatic nitrogens is 2. The van der Waals surface area contributed by atoms with Gasteiger partial charge in [0.15, 0.2) is 4.34 Å². The third kappa shape index (κ3) is 3.67. The van der Waals surface area contributed by atoms with Crippen molar-refractivity contribution >= 4 is 39.9 Å². The lowest BCUT2D eigenvalue weighted by molar-refractivity contribution is 0.262. The van der Waals surface area contributed by atoms with E-state index in [2.05, 4.69) is 20.8 Å². The normalized spacial score (nSPS) is 9.68. The molecule has 0 saturated carbocycles. The van der Waals surface area contributed by atoms with Gasteiger partial charge >= 0.3 is 6.03 Å². The highest BCUT2D eigenvalue weighted by atomic mass is 32.2. The van der Waals surface area contributed by atoms with Crippen LogP contribution >= 0.6 is 23.1 Å². The van der Waals surface area contributed by atoms with Crippen LogP contribution in [-0.4, -0.2) is 22.5 Å². The monoisotopic (exact) mass is 291 g/mol. The lowest BCUT2D eigenvalue weighted by atomic mass is 10.2. The Morgan fingerprint density at radius 2 is 2.05 bits per heavy atom. The van der Waals surface area contributed by atoms with E-state index in [1.807, 2.05) is 12.3 Å². The van der Waals surface area contributed by atoms with Crippen LogP contribution < -0.4 is 10.6 Å². The average Bonchev–Trinajstić information content (AvgIpc) is 2.87. The Kier molecular flexibility index (Phi) is 4.33. The fraction of sp³-hybridized carbons (Fsp3) is 0.0909. The molecule has 2 N–H and O–H groups in total. The molecule has 0 radical (unpaired) electrons. The number of nitrogens with one attached hydrogen (secondary N) is 2. The van der Waals surface area contributed by atoms with Gasteiger partial charge < -0.3 is 5.32 Å². The molecule has 0 aliphatic heterocycles. The number of benzene rings is 1. The number of carbonyl (C=O) groups excluding carboxylic acids is 1. The number of anilines is 2. The van der Waals surface area contributed by atoms with Crippen LogP contribution in [0.3, 0.4) is 0 Å². The maximum Gasteiger partial charge on any atom is 0.325 e. The van der Waals surface area contributed by atoms with Crippen molar-refractivity contribution in [3.8, 4) is 6.07 Å². The van der Waals surface area contributed by atoms with Crippen molar-refractivity contribution in [2.24, 2.45) is 0 Å². The van der Waals surface area contributed by atoms with E-state index in [-0.39, 0.29) is 0 Å². The first-order chi connectivity index (χ1) is 9.21. The van der Waals surface area contributed by atoms with Gasteiger partial charge in [0.25, 0.3) is 0 Å². The number of thioether (sulfide) groups is 1. The van der Waals surface area contributed by atoms with Gasteiger partial charge in [-0.05, 0) is 30.5 Å². The zero-order valence-electron chi connectivity index (χ0n) is 9.88. The van der Waals surface area contributed by atoms with E-state index >= 15 is 0 Å². The molecule has 2 amide bonds. The predicted octanol–water partition coefficient (Wildman–Crippen LogP) is 2.78.